The van der Waals surface area contributed by atoms with E-state index in [1.807, 2.05) is 30.3 Å². The van der Waals surface area contributed by atoms with Crippen molar-refractivity contribution in [3.63, 3.8) is 0 Å². The van der Waals surface area contributed by atoms with Crippen LogP contribution in [0.4, 0.5) is 16.2 Å². The number of nitro benzene ring substituents is 1. The number of fused-ring (bicyclic) bond motifs is 1. The van der Waals surface area contributed by atoms with Gasteiger partial charge in [-0.05, 0) is 25.1 Å². The molecule has 3 rings (SSSR count). The van der Waals surface area contributed by atoms with E-state index in [2.05, 4.69) is 10.6 Å². The number of hydrogen-bond donors (Lipinski definition) is 2. The van der Waals surface area contributed by atoms with Crippen LogP contribution in [-0.4, -0.2) is 11.0 Å². The van der Waals surface area contributed by atoms with E-state index < -0.39 is 11.0 Å². The Morgan fingerprint density at radius 3 is 2.71 bits per heavy atom. The number of rotatable bonds is 4. The van der Waals surface area contributed by atoms with Crippen molar-refractivity contribution < 1.29 is 14.1 Å². The lowest BCUT2D eigenvalue weighted by atomic mass is 10.2. The van der Waals surface area contributed by atoms with Crippen LogP contribution in [0, 0.1) is 10.1 Å². The van der Waals surface area contributed by atoms with Crippen LogP contribution in [0.15, 0.2) is 59.0 Å². The Morgan fingerprint density at radius 1 is 1.17 bits per heavy atom. The fourth-order valence-electron chi connectivity index (χ4n) is 2.35. The van der Waals surface area contributed by atoms with E-state index in [1.54, 1.807) is 13.0 Å². The van der Waals surface area contributed by atoms with Gasteiger partial charge in [-0.3, -0.25) is 10.1 Å². The van der Waals surface area contributed by atoms with E-state index in [4.69, 9.17) is 4.42 Å². The van der Waals surface area contributed by atoms with Crippen molar-refractivity contribution in [1.82, 2.24) is 5.32 Å². The van der Waals surface area contributed by atoms with E-state index in [0.717, 1.165) is 11.0 Å². The van der Waals surface area contributed by atoms with Crippen LogP contribution < -0.4 is 10.6 Å². The number of urea groups is 1. The van der Waals surface area contributed by atoms with Gasteiger partial charge in [-0.25, -0.2) is 4.79 Å². The van der Waals surface area contributed by atoms with Crippen molar-refractivity contribution in [3.8, 4) is 0 Å². The quantitative estimate of drug-likeness (QED) is 0.554. The molecule has 0 saturated heterocycles. The molecular formula is C17H15N3O4. The minimum absolute atomic E-state index is 0.0851. The molecule has 7 nitrogen and oxygen atoms in total. The molecule has 7 heteroatoms. The number of nitro groups is 1. The van der Waals surface area contributed by atoms with E-state index in [-0.39, 0.29) is 11.7 Å². The first-order chi connectivity index (χ1) is 11.5. The molecule has 2 N–H and O–H groups in total. The number of nitrogens with one attached hydrogen (secondary N) is 2. The fourth-order valence-corrected chi connectivity index (χ4v) is 2.35. The smallest absolute Gasteiger partial charge is 0.319 e. The Bertz CT molecular complexity index is 870. The van der Waals surface area contributed by atoms with Crippen LogP contribution in [0.1, 0.15) is 18.7 Å². The molecule has 0 fully saturated rings. The molecule has 1 aromatic heterocycles. The summed E-state index contributed by atoms with van der Waals surface area (Å²) in [6.45, 7) is 1.80. The highest BCUT2D eigenvalue weighted by Crippen LogP contribution is 2.23. The van der Waals surface area contributed by atoms with Crippen LogP contribution in [0.2, 0.25) is 0 Å². The Kier molecular flexibility index (Phi) is 4.15. The molecule has 0 spiro atoms. The van der Waals surface area contributed by atoms with Crippen molar-refractivity contribution in [2.75, 3.05) is 5.32 Å². The second kappa shape index (κ2) is 6.41. The number of non-ortho nitro benzene ring substituents is 1. The number of anilines is 1. The molecule has 0 radical (unpaired) electrons. The van der Waals surface area contributed by atoms with Crippen LogP contribution in [0.25, 0.3) is 11.0 Å². The maximum atomic E-state index is 12.1. The van der Waals surface area contributed by atoms with Crippen molar-refractivity contribution in [1.29, 1.82) is 0 Å². The zero-order valence-electron chi connectivity index (χ0n) is 12.9. The van der Waals surface area contributed by atoms with Crippen LogP contribution in [0.5, 0.6) is 0 Å². The number of para-hydroxylation sites is 1. The molecule has 0 saturated carbocycles. The Balaban J connectivity index is 1.67. The summed E-state index contributed by atoms with van der Waals surface area (Å²) < 4.78 is 5.70. The molecule has 1 unspecified atom stereocenters. The molecule has 24 heavy (non-hydrogen) atoms. The lowest BCUT2D eigenvalue weighted by molar-refractivity contribution is -0.384. The van der Waals surface area contributed by atoms with Gasteiger partial charge in [0.15, 0.2) is 0 Å². The molecule has 3 aromatic rings. The lowest BCUT2D eigenvalue weighted by Crippen LogP contribution is -2.30. The van der Waals surface area contributed by atoms with Gasteiger partial charge < -0.3 is 15.1 Å². The number of carbonyl (C=O) groups is 1. The SMILES string of the molecule is CC(NC(=O)Nc1cccc([N+](=O)[O-])c1)c1cc2ccccc2o1. The van der Waals surface area contributed by atoms with Gasteiger partial charge in [0.25, 0.3) is 5.69 Å². The van der Waals surface area contributed by atoms with Crippen molar-refractivity contribution in [2.45, 2.75) is 13.0 Å². The number of benzene rings is 2. The van der Waals surface area contributed by atoms with Gasteiger partial charge in [-0.1, -0.05) is 24.3 Å². The number of nitrogens with zero attached hydrogens (tertiary/aromatic N) is 1. The zero-order valence-corrected chi connectivity index (χ0v) is 12.9. The summed E-state index contributed by atoms with van der Waals surface area (Å²) in [5.41, 5.74) is 1.01. The number of carbonyl (C=O) groups excluding carboxylic acids is 1. The summed E-state index contributed by atoms with van der Waals surface area (Å²) in [6, 6.07) is 14.4. The van der Waals surface area contributed by atoms with E-state index >= 15 is 0 Å². The third-order valence-electron chi connectivity index (χ3n) is 3.53. The fraction of sp³-hybridized carbons (Fsp3) is 0.118. The minimum Gasteiger partial charge on any atom is -0.459 e. The van der Waals surface area contributed by atoms with Crippen molar-refractivity contribution >= 4 is 28.4 Å². The monoisotopic (exact) mass is 325 g/mol. The first-order valence-electron chi connectivity index (χ1n) is 7.33. The minimum atomic E-state index is -0.514. The molecule has 0 aliphatic rings. The van der Waals surface area contributed by atoms with Crippen LogP contribution in [0.3, 0.4) is 0 Å². The molecule has 122 valence electrons. The highest BCUT2D eigenvalue weighted by molar-refractivity contribution is 5.90. The maximum absolute atomic E-state index is 12.1. The van der Waals surface area contributed by atoms with Gasteiger partial charge >= 0.3 is 6.03 Å². The average Bonchev–Trinajstić information content (AvgIpc) is 2.99. The van der Waals surface area contributed by atoms with Gasteiger partial charge in [0, 0.05) is 23.2 Å². The summed E-state index contributed by atoms with van der Waals surface area (Å²) in [7, 11) is 0. The third kappa shape index (κ3) is 3.35. The highest BCUT2D eigenvalue weighted by atomic mass is 16.6. The first-order valence-corrected chi connectivity index (χ1v) is 7.33. The number of hydrogen-bond acceptors (Lipinski definition) is 4. The molecule has 0 aliphatic heterocycles. The number of amides is 2. The van der Waals surface area contributed by atoms with Gasteiger partial charge in [-0.15, -0.1) is 0 Å². The normalized spacial score (nSPS) is 11.9. The standard InChI is InChI=1S/C17H15N3O4/c1-11(16-9-12-5-2-3-8-15(12)24-16)18-17(21)19-13-6-4-7-14(10-13)20(22)23/h2-11H,1H3,(H2,18,19,21). The third-order valence-corrected chi connectivity index (χ3v) is 3.53. The lowest BCUT2D eigenvalue weighted by Gasteiger charge is -2.12. The molecule has 1 atom stereocenters. The molecule has 0 aliphatic carbocycles. The van der Waals surface area contributed by atoms with Gasteiger partial charge in [0.1, 0.15) is 11.3 Å². The van der Waals surface area contributed by atoms with E-state index in [1.165, 1.54) is 18.2 Å². The van der Waals surface area contributed by atoms with Crippen LogP contribution >= 0.6 is 0 Å². The Morgan fingerprint density at radius 2 is 1.96 bits per heavy atom. The number of furan rings is 1. The van der Waals surface area contributed by atoms with Crippen molar-refractivity contribution in [3.05, 3.63) is 70.5 Å². The second-order valence-electron chi connectivity index (χ2n) is 5.31. The summed E-state index contributed by atoms with van der Waals surface area (Å²) in [5.74, 6) is 0.630. The second-order valence-corrected chi connectivity index (χ2v) is 5.31. The highest BCUT2D eigenvalue weighted by Gasteiger charge is 2.15. The molecular weight excluding hydrogens is 310 g/mol. The molecule has 1 heterocycles. The predicted molar refractivity (Wildman–Crippen MR) is 89.9 cm³/mol. The average molecular weight is 325 g/mol. The largest absolute Gasteiger partial charge is 0.459 e. The zero-order chi connectivity index (χ0) is 17.1. The van der Waals surface area contributed by atoms with E-state index in [0.29, 0.717) is 11.4 Å². The van der Waals surface area contributed by atoms with Gasteiger partial charge in [0.2, 0.25) is 0 Å². The Hall–Kier alpha value is -3.35. The summed E-state index contributed by atoms with van der Waals surface area (Å²) in [5, 5.41) is 17.0. The topological polar surface area (TPSA) is 97.4 Å². The van der Waals surface area contributed by atoms with E-state index in [9.17, 15) is 14.9 Å². The summed E-state index contributed by atoms with van der Waals surface area (Å²) in [6.07, 6.45) is 0. The summed E-state index contributed by atoms with van der Waals surface area (Å²) >= 11 is 0. The summed E-state index contributed by atoms with van der Waals surface area (Å²) in [4.78, 5) is 22.3. The molecule has 2 amide bonds. The first kappa shape index (κ1) is 15.5. The van der Waals surface area contributed by atoms with Gasteiger partial charge in [-0.2, -0.15) is 0 Å². The van der Waals surface area contributed by atoms with Gasteiger partial charge in [0.05, 0.1) is 11.0 Å². The maximum Gasteiger partial charge on any atom is 0.319 e. The van der Waals surface area contributed by atoms with Crippen molar-refractivity contribution in [2.24, 2.45) is 0 Å². The molecule has 0 bridgehead atoms. The van der Waals surface area contributed by atoms with Crippen LogP contribution in [-0.2, 0) is 0 Å². The Labute approximate surface area is 137 Å². The predicted octanol–water partition coefficient (Wildman–Crippen LogP) is 4.22. The molecule has 2 aromatic carbocycles.